The summed E-state index contributed by atoms with van der Waals surface area (Å²) >= 11 is 0. The standard InChI is InChI=1S/C13H21NO/c1-3-11(14)7-5-8-12-10(2)6-4-9-13(12)15/h4,6,9,11,15H,3,5,7-8,14H2,1-2H3. The van der Waals surface area contributed by atoms with Gasteiger partial charge in [0.2, 0.25) is 0 Å². The monoisotopic (exact) mass is 207 g/mol. The summed E-state index contributed by atoms with van der Waals surface area (Å²) in [5.74, 6) is 0.417. The van der Waals surface area contributed by atoms with Gasteiger partial charge in [-0.15, -0.1) is 0 Å². The molecular formula is C13H21NO. The van der Waals surface area contributed by atoms with Crippen molar-refractivity contribution in [2.45, 2.75) is 45.6 Å². The van der Waals surface area contributed by atoms with Gasteiger partial charge in [0.15, 0.2) is 0 Å². The van der Waals surface area contributed by atoms with E-state index in [2.05, 4.69) is 6.92 Å². The van der Waals surface area contributed by atoms with Gasteiger partial charge in [-0.2, -0.15) is 0 Å². The summed E-state index contributed by atoms with van der Waals surface area (Å²) in [5.41, 5.74) is 8.09. The van der Waals surface area contributed by atoms with Gasteiger partial charge in [-0.05, 0) is 49.8 Å². The maximum absolute atomic E-state index is 9.68. The topological polar surface area (TPSA) is 46.2 Å². The molecule has 1 unspecified atom stereocenters. The SMILES string of the molecule is CCC(N)CCCc1c(C)cccc1O. The molecule has 1 aromatic rings. The first-order valence-electron chi connectivity index (χ1n) is 5.68. The van der Waals surface area contributed by atoms with E-state index in [0.717, 1.165) is 31.2 Å². The molecule has 0 saturated heterocycles. The summed E-state index contributed by atoms with van der Waals surface area (Å²) in [7, 11) is 0. The highest BCUT2D eigenvalue weighted by Gasteiger charge is 2.05. The number of rotatable bonds is 5. The van der Waals surface area contributed by atoms with Gasteiger partial charge in [0.1, 0.15) is 5.75 Å². The zero-order valence-corrected chi connectivity index (χ0v) is 9.66. The number of nitrogens with two attached hydrogens (primary N) is 1. The lowest BCUT2D eigenvalue weighted by Crippen LogP contribution is -2.18. The molecule has 0 fully saturated rings. The molecule has 0 aliphatic carbocycles. The summed E-state index contributed by atoms with van der Waals surface area (Å²) in [5, 5.41) is 9.68. The molecule has 1 aromatic carbocycles. The molecule has 15 heavy (non-hydrogen) atoms. The smallest absolute Gasteiger partial charge is 0.119 e. The first-order chi connectivity index (χ1) is 7.15. The lowest BCUT2D eigenvalue weighted by molar-refractivity contribution is 0.464. The molecule has 2 heteroatoms. The zero-order valence-electron chi connectivity index (χ0n) is 9.66. The van der Waals surface area contributed by atoms with E-state index < -0.39 is 0 Å². The number of hydrogen-bond acceptors (Lipinski definition) is 2. The third-order valence-corrected chi connectivity index (χ3v) is 2.91. The Morgan fingerprint density at radius 2 is 2.13 bits per heavy atom. The van der Waals surface area contributed by atoms with E-state index in [-0.39, 0.29) is 0 Å². The van der Waals surface area contributed by atoms with E-state index in [0.29, 0.717) is 11.8 Å². The van der Waals surface area contributed by atoms with Crippen LogP contribution in [0.3, 0.4) is 0 Å². The van der Waals surface area contributed by atoms with Gasteiger partial charge in [0.25, 0.3) is 0 Å². The highest BCUT2D eigenvalue weighted by atomic mass is 16.3. The second-order valence-electron chi connectivity index (χ2n) is 4.13. The van der Waals surface area contributed by atoms with Gasteiger partial charge in [0.05, 0.1) is 0 Å². The van der Waals surface area contributed by atoms with Crippen molar-refractivity contribution in [1.29, 1.82) is 0 Å². The van der Waals surface area contributed by atoms with E-state index in [1.807, 2.05) is 19.1 Å². The van der Waals surface area contributed by atoms with Crippen LogP contribution >= 0.6 is 0 Å². The molecule has 1 atom stereocenters. The second-order valence-corrected chi connectivity index (χ2v) is 4.13. The molecule has 0 spiro atoms. The van der Waals surface area contributed by atoms with E-state index >= 15 is 0 Å². The Labute approximate surface area is 92.1 Å². The average Bonchev–Trinajstić information content (AvgIpc) is 2.22. The molecule has 2 nitrogen and oxygen atoms in total. The van der Waals surface area contributed by atoms with Gasteiger partial charge in [-0.25, -0.2) is 0 Å². The van der Waals surface area contributed by atoms with Gasteiger partial charge >= 0.3 is 0 Å². The molecule has 0 heterocycles. The first-order valence-corrected chi connectivity index (χ1v) is 5.68. The van der Waals surface area contributed by atoms with Crippen LogP contribution in [0.2, 0.25) is 0 Å². The Morgan fingerprint density at radius 3 is 2.73 bits per heavy atom. The Bertz CT molecular complexity index is 289. The van der Waals surface area contributed by atoms with Crippen LogP contribution in [0.1, 0.15) is 37.3 Å². The third-order valence-electron chi connectivity index (χ3n) is 2.91. The quantitative estimate of drug-likeness (QED) is 0.780. The summed E-state index contributed by atoms with van der Waals surface area (Å²) in [6.07, 6.45) is 4.03. The number of phenolic OH excluding ortho intramolecular Hbond substituents is 1. The molecule has 3 N–H and O–H groups in total. The fraction of sp³-hybridized carbons (Fsp3) is 0.538. The van der Waals surface area contributed by atoms with Crippen molar-refractivity contribution in [3.05, 3.63) is 29.3 Å². The van der Waals surface area contributed by atoms with Crippen molar-refractivity contribution in [3.63, 3.8) is 0 Å². The van der Waals surface area contributed by atoms with E-state index in [1.54, 1.807) is 6.07 Å². The van der Waals surface area contributed by atoms with Gasteiger partial charge in [-0.1, -0.05) is 19.1 Å². The predicted molar refractivity (Wildman–Crippen MR) is 64.0 cm³/mol. The van der Waals surface area contributed by atoms with Crippen molar-refractivity contribution in [3.8, 4) is 5.75 Å². The van der Waals surface area contributed by atoms with E-state index in [4.69, 9.17) is 5.73 Å². The summed E-state index contributed by atoms with van der Waals surface area (Å²) < 4.78 is 0. The lowest BCUT2D eigenvalue weighted by Gasteiger charge is -2.10. The fourth-order valence-corrected chi connectivity index (χ4v) is 1.76. The maximum Gasteiger partial charge on any atom is 0.119 e. The lowest BCUT2D eigenvalue weighted by atomic mass is 9.99. The van der Waals surface area contributed by atoms with Crippen LogP contribution in [-0.4, -0.2) is 11.1 Å². The zero-order chi connectivity index (χ0) is 11.3. The Morgan fingerprint density at radius 1 is 1.40 bits per heavy atom. The van der Waals surface area contributed by atoms with Gasteiger partial charge in [-0.3, -0.25) is 0 Å². The molecule has 0 aliphatic heterocycles. The Balaban J connectivity index is 2.50. The number of benzene rings is 1. The summed E-state index contributed by atoms with van der Waals surface area (Å²) in [6, 6.07) is 5.97. The minimum Gasteiger partial charge on any atom is -0.508 e. The molecule has 84 valence electrons. The Kier molecular flexibility index (Phi) is 4.63. The highest BCUT2D eigenvalue weighted by Crippen LogP contribution is 2.22. The van der Waals surface area contributed by atoms with E-state index in [1.165, 1.54) is 5.56 Å². The number of phenols is 1. The van der Waals surface area contributed by atoms with Crippen molar-refractivity contribution in [2.24, 2.45) is 5.73 Å². The molecule has 0 aromatic heterocycles. The minimum absolute atomic E-state index is 0.302. The van der Waals surface area contributed by atoms with Crippen LogP contribution in [-0.2, 0) is 6.42 Å². The number of aryl methyl sites for hydroxylation is 1. The van der Waals surface area contributed by atoms with Gasteiger partial charge < -0.3 is 10.8 Å². The summed E-state index contributed by atoms with van der Waals surface area (Å²) in [4.78, 5) is 0. The largest absolute Gasteiger partial charge is 0.508 e. The van der Waals surface area contributed by atoms with Crippen molar-refractivity contribution >= 4 is 0 Å². The molecule has 0 radical (unpaired) electrons. The fourth-order valence-electron chi connectivity index (χ4n) is 1.76. The van der Waals surface area contributed by atoms with Crippen LogP contribution < -0.4 is 5.73 Å². The second kappa shape index (κ2) is 5.76. The number of hydrogen-bond donors (Lipinski definition) is 2. The molecule has 0 saturated carbocycles. The van der Waals surface area contributed by atoms with Crippen LogP contribution in [0.25, 0.3) is 0 Å². The van der Waals surface area contributed by atoms with Crippen LogP contribution in [0.15, 0.2) is 18.2 Å². The predicted octanol–water partition coefficient (Wildman–Crippen LogP) is 2.76. The van der Waals surface area contributed by atoms with E-state index in [9.17, 15) is 5.11 Å². The van der Waals surface area contributed by atoms with Crippen LogP contribution in [0, 0.1) is 6.92 Å². The third kappa shape index (κ3) is 3.56. The molecule has 0 aliphatic rings. The van der Waals surface area contributed by atoms with Crippen molar-refractivity contribution in [2.75, 3.05) is 0 Å². The first kappa shape index (κ1) is 12.1. The molecule has 0 amide bonds. The normalized spacial score (nSPS) is 12.7. The van der Waals surface area contributed by atoms with Gasteiger partial charge in [0, 0.05) is 6.04 Å². The van der Waals surface area contributed by atoms with Crippen LogP contribution in [0.5, 0.6) is 5.75 Å². The maximum atomic E-state index is 9.68. The minimum atomic E-state index is 0.302. The highest BCUT2D eigenvalue weighted by molar-refractivity contribution is 5.38. The molecule has 0 bridgehead atoms. The number of aromatic hydroxyl groups is 1. The van der Waals surface area contributed by atoms with Crippen molar-refractivity contribution in [1.82, 2.24) is 0 Å². The van der Waals surface area contributed by atoms with Crippen molar-refractivity contribution < 1.29 is 5.11 Å². The summed E-state index contributed by atoms with van der Waals surface area (Å²) in [6.45, 7) is 4.14. The average molecular weight is 207 g/mol. The Hall–Kier alpha value is -1.02. The molecule has 1 rings (SSSR count). The van der Waals surface area contributed by atoms with Crippen LogP contribution in [0.4, 0.5) is 0 Å². The molecular weight excluding hydrogens is 186 g/mol.